The molecule has 1 heterocycles. The molecule has 1 aliphatic heterocycles. The van der Waals surface area contributed by atoms with Gasteiger partial charge in [-0.15, -0.1) is 0 Å². The number of nitrogens with one attached hydrogen (secondary N) is 2. The van der Waals surface area contributed by atoms with E-state index in [9.17, 15) is 18.8 Å². The van der Waals surface area contributed by atoms with Gasteiger partial charge in [-0.2, -0.15) is 0 Å². The molecular weight excluding hydrogens is 267 g/mol. The molecule has 0 spiro atoms. The highest BCUT2D eigenvalue weighted by molar-refractivity contribution is 6.04. The number of hydrogen-bond acceptors (Lipinski definition) is 4. The average molecular weight is 282 g/mol. The van der Waals surface area contributed by atoms with Crippen LogP contribution < -0.4 is 10.6 Å². The van der Waals surface area contributed by atoms with Gasteiger partial charge < -0.3 is 10.1 Å². The number of piperidine rings is 1. The molecule has 2 aliphatic rings. The summed E-state index contributed by atoms with van der Waals surface area (Å²) < 4.78 is 18.4. The number of carbonyl (C=O) groups excluding carboxylic acids is 3. The first-order valence-corrected chi connectivity index (χ1v) is 6.26. The summed E-state index contributed by atoms with van der Waals surface area (Å²) >= 11 is 0. The van der Waals surface area contributed by atoms with Gasteiger partial charge in [0.2, 0.25) is 11.8 Å². The predicted octanol–water partition coefficient (Wildman–Crippen LogP) is 0.106. The second-order valence-electron chi connectivity index (χ2n) is 4.63. The molecule has 0 aromatic carbocycles. The third kappa shape index (κ3) is 3.11. The van der Waals surface area contributed by atoms with E-state index in [0.29, 0.717) is 0 Å². The largest absolute Gasteiger partial charge is 0.374 e. The summed E-state index contributed by atoms with van der Waals surface area (Å²) in [7, 11) is 1.39. The Kier molecular flexibility index (Phi) is 4.29. The van der Waals surface area contributed by atoms with Crippen molar-refractivity contribution in [1.29, 1.82) is 0 Å². The van der Waals surface area contributed by atoms with Gasteiger partial charge in [0, 0.05) is 19.1 Å². The van der Waals surface area contributed by atoms with E-state index in [2.05, 4.69) is 10.6 Å². The van der Waals surface area contributed by atoms with Gasteiger partial charge in [-0.1, -0.05) is 6.08 Å². The van der Waals surface area contributed by atoms with E-state index in [0.717, 1.165) is 6.08 Å². The maximum Gasteiger partial charge on any atom is 0.251 e. The number of hydrogen-bond donors (Lipinski definition) is 2. The highest BCUT2D eigenvalue weighted by Crippen LogP contribution is 2.21. The molecule has 7 heteroatoms. The van der Waals surface area contributed by atoms with Crippen LogP contribution in [-0.2, 0) is 19.1 Å². The van der Waals surface area contributed by atoms with Crippen molar-refractivity contribution >= 4 is 17.7 Å². The van der Waals surface area contributed by atoms with Crippen LogP contribution >= 0.6 is 0 Å². The Morgan fingerprint density at radius 3 is 2.85 bits per heavy atom. The number of ether oxygens (including phenoxy) is 1. The summed E-state index contributed by atoms with van der Waals surface area (Å²) in [6, 6.07) is -0.766. The summed E-state index contributed by atoms with van der Waals surface area (Å²) in [4.78, 5) is 34.4. The molecule has 0 radical (unpaired) electrons. The molecule has 108 valence electrons. The second kappa shape index (κ2) is 5.96. The molecule has 1 fully saturated rings. The average Bonchev–Trinajstić information content (AvgIpc) is 2.41. The standard InChI is InChI=1S/C13H15FN2O4/c1-20-10-4-2-7(6-8(10)14)12(18)15-9-3-5-11(17)16-13(9)19/h2,6,9-10H,3-5H2,1H3,(H,15,18)(H,16,17,19). The Morgan fingerprint density at radius 2 is 2.25 bits per heavy atom. The molecular formula is C13H15FN2O4. The minimum Gasteiger partial charge on any atom is -0.374 e. The van der Waals surface area contributed by atoms with Crippen LogP contribution in [0, 0.1) is 0 Å². The molecule has 20 heavy (non-hydrogen) atoms. The lowest BCUT2D eigenvalue weighted by Gasteiger charge is -2.23. The molecule has 2 N–H and O–H groups in total. The third-order valence-corrected chi connectivity index (χ3v) is 3.24. The van der Waals surface area contributed by atoms with Crippen LogP contribution in [0.15, 0.2) is 23.6 Å². The molecule has 2 atom stereocenters. The van der Waals surface area contributed by atoms with Crippen LogP contribution in [0.25, 0.3) is 0 Å². The molecule has 0 aromatic rings. The zero-order valence-electron chi connectivity index (χ0n) is 10.9. The van der Waals surface area contributed by atoms with Crippen molar-refractivity contribution in [3.05, 3.63) is 23.6 Å². The van der Waals surface area contributed by atoms with Crippen LogP contribution in [0.3, 0.4) is 0 Å². The molecule has 1 saturated heterocycles. The van der Waals surface area contributed by atoms with Gasteiger partial charge >= 0.3 is 0 Å². The second-order valence-corrected chi connectivity index (χ2v) is 4.63. The van der Waals surface area contributed by atoms with Crippen LogP contribution in [0.1, 0.15) is 19.3 Å². The van der Waals surface area contributed by atoms with E-state index in [-0.39, 0.29) is 30.7 Å². The molecule has 3 amide bonds. The highest BCUT2D eigenvalue weighted by Gasteiger charge is 2.29. The van der Waals surface area contributed by atoms with Crippen LogP contribution in [0.5, 0.6) is 0 Å². The van der Waals surface area contributed by atoms with Gasteiger partial charge in [0.15, 0.2) is 0 Å². The predicted molar refractivity (Wildman–Crippen MR) is 67.0 cm³/mol. The van der Waals surface area contributed by atoms with E-state index >= 15 is 0 Å². The molecule has 2 unspecified atom stereocenters. The van der Waals surface area contributed by atoms with Gasteiger partial charge in [-0.05, 0) is 18.9 Å². The van der Waals surface area contributed by atoms with Crippen molar-refractivity contribution in [2.45, 2.75) is 31.4 Å². The van der Waals surface area contributed by atoms with Crippen LogP contribution in [-0.4, -0.2) is 37.0 Å². The summed E-state index contributed by atoms with van der Waals surface area (Å²) in [6.07, 6.45) is 2.67. The maximum atomic E-state index is 13.6. The molecule has 1 aliphatic carbocycles. The summed E-state index contributed by atoms with van der Waals surface area (Å²) in [5.41, 5.74) is 0.153. The van der Waals surface area contributed by atoms with E-state index in [1.54, 1.807) is 6.08 Å². The van der Waals surface area contributed by atoms with Crippen molar-refractivity contribution in [1.82, 2.24) is 10.6 Å². The minimum atomic E-state index is -0.766. The zero-order chi connectivity index (χ0) is 14.7. The van der Waals surface area contributed by atoms with Crippen molar-refractivity contribution in [2.24, 2.45) is 0 Å². The molecule has 2 rings (SSSR count). The molecule has 0 saturated carbocycles. The van der Waals surface area contributed by atoms with E-state index in [1.807, 2.05) is 0 Å². The third-order valence-electron chi connectivity index (χ3n) is 3.24. The smallest absolute Gasteiger partial charge is 0.251 e. The molecule has 0 aromatic heterocycles. The minimum absolute atomic E-state index is 0.153. The van der Waals surface area contributed by atoms with E-state index in [4.69, 9.17) is 4.74 Å². The number of methoxy groups -OCH3 is 1. The molecule has 0 bridgehead atoms. The highest BCUT2D eigenvalue weighted by atomic mass is 19.1. The monoisotopic (exact) mass is 282 g/mol. The van der Waals surface area contributed by atoms with Gasteiger partial charge in [-0.3, -0.25) is 19.7 Å². The van der Waals surface area contributed by atoms with E-state index in [1.165, 1.54) is 7.11 Å². The Balaban J connectivity index is 1.98. The Hall–Kier alpha value is -2.02. The summed E-state index contributed by atoms with van der Waals surface area (Å²) in [6.45, 7) is 0. The number of rotatable bonds is 3. The number of carbonyl (C=O) groups is 3. The normalized spacial score (nSPS) is 26.5. The molecule has 6 nitrogen and oxygen atoms in total. The van der Waals surface area contributed by atoms with Crippen molar-refractivity contribution in [2.75, 3.05) is 7.11 Å². The Morgan fingerprint density at radius 1 is 1.50 bits per heavy atom. The lowest BCUT2D eigenvalue weighted by molar-refractivity contribution is -0.136. The first kappa shape index (κ1) is 14.4. The van der Waals surface area contributed by atoms with E-state index < -0.39 is 29.8 Å². The summed E-state index contributed by atoms with van der Waals surface area (Å²) in [5, 5.41) is 4.63. The fraction of sp³-hybridized carbons (Fsp3) is 0.462. The maximum absolute atomic E-state index is 13.6. The number of halogens is 1. The number of imide groups is 1. The Labute approximate surface area is 115 Å². The van der Waals surface area contributed by atoms with Crippen molar-refractivity contribution in [3.63, 3.8) is 0 Å². The fourth-order valence-electron chi connectivity index (χ4n) is 2.09. The van der Waals surface area contributed by atoms with Gasteiger partial charge in [0.1, 0.15) is 18.0 Å². The first-order chi connectivity index (χ1) is 9.51. The fourth-order valence-corrected chi connectivity index (χ4v) is 2.09. The SMILES string of the molecule is COC1CC=C(C(=O)NC2CCC(=O)NC2=O)C=C1F. The lowest BCUT2D eigenvalue weighted by Crippen LogP contribution is -2.52. The lowest BCUT2D eigenvalue weighted by atomic mass is 10.0. The summed E-state index contributed by atoms with van der Waals surface area (Å²) in [5.74, 6) is -1.95. The van der Waals surface area contributed by atoms with Gasteiger partial charge in [0.25, 0.3) is 5.91 Å². The van der Waals surface area contributed by atoms with Gasteiger partial charge in [0.05, 0.1) is 0 Å². The topological polar surface area (TPSA) is 84.5 Å². The first-order valence-electron chi connectivity index (χ1n) is 6.26. The van der Waals surface area contributed by atoms with Crippen LogP contribution in [0.4, 0.5) is 4.39 Å². The zero-order valence-corrected chi connectivity index (χ0v) is 10.9. The quantitative estimate of drug-likeness (QED) is 0.719. The van der Waals surface area contributed by atoms with Crippen molar-refractivity contribution in [3.8, 4) is 0 Å². The van der Waals surface area contributed by atoms with Crippen molar-refractivity contribution < 1.29 is 23.5 Å². The van der Waals surface area contributed by atoms with Gasteiger partial charge in [-0.25, -0.2) is 4.39 Å². The Bertz CT molecular complexity index is 513. The van der Waals surface area contributed by atoms with Crippen LogP contribution in [0.2, 0.25) is 0 Å². The number of amides is 3.